The van der Waals surface area contributed by atoms with E-state index in [1.165, 1.54) is 0 Å². The zero-order valence-corrected chi connectivity index (χ0v) is 14.9. The molecule has 0 saturated carbocycles. The van der Waals surface area contributed by atoms with E-state index in [0.717, 1.165) is 6.04 Å². The molecule has 0 bridgehead atoms. The molecule has 0 fully saturated rings. The van der Waals surface area contributed by atoms with Crippen LogP contribution in [0.1, 0.15) is 13.8 Å². The minimum absolute atomic E-state index is 0.0957. The molecule has 2 N–H and O–H groups in total. The normalized spacial score (nSPS) is 13.0. The number of aliphatic hydroxyl groups excluding tert-OH is 2. The van der Waals surface area contributed by atoms with Crippen molar-refractivity contribution in [2.75, 3.05) is 39.6 Å². The second-order valence-electron chi connectivity index (χ2n) is 4.97. The van der Waals surface area contributed by atoms with Crippen LogP contribution < -0.4 is 0 Å². The summed E-state index contributed by atoms with van der Waals surface area (Å²) in [5.74, 6) is -0.144. The Kier molecular flexibility index (Phi) is 13.4. The summed E-state index contributed by atoms with van der Waals surface area (Å²) in [5.41, 5.74) is 0.394. The van der Waals surface area contributed by atoms with Crippen molar-refractivity contribution in [3.8, 4) is 0 Å². The Morgan fingerprint density at radius 3 is 2.27 bits per heavy atom. The lowest BCUT2D eigenvalue weighted by atomic mass is 10.2. The molecular formula is C14H28O7Si. The maximum absolute atomic E-state index is 11.3. The topological polar surface area (TPSA) is 94.5 Å². The Morgan fingerprint density at radius 1 is 1.18 bits per heavy atom. The standard InChI is InChI=1S/C14H28O7Si/c1-11(2)14(17)20-8-12(3)10-22-21-9-13(18-6-4-15)19-7-5-16/h12-13,15-16H,1,4-10,22H2,2-3H3. The molecule has 22 heavy (non-hydrogen) atoms. The molecule has 7 nitrogen and oxygen atoms in total. The SMILES string of the molecule is C=C(C)C(=O)OCC(C)C[SiH2]OCC(OCCO)OCCO. The van der Waals surface area contributed by atoms with Crippen molar-refractivity contribution < 1.29 is 33.6 Å². The van der Waals surface area contributed by atoms with Gasteiger partial charge in [0.15, 0.2) is 16.1 Å². The maximum atomic E-state index is 11.3. The number of ether oxygens (including phenoxy) is 3. The van der Waals surface area contributed by atoms with Crippen LogP contribution >= 0.6 is 0 Å². The van der Waals surface area contributed by atoms with E-state index in [9.17, 15) is 4.79 Å². The van der Waals surface area contributed by atoms with Crippen LogP contribution in [0.15, 0.2) is 12.2 Å². The van der Waals surface area contributed by atoms with Crippen LogP contribution in [-0.2, 0) is 23.4 Å². The fourth-order valence-electron chi connectivity index (χ4n) is 1.40. The highest BCUT2D eigenvalue weighted by Gasteiger charge is 2.11. The molecule has 0 saturated heterocycles. The Bertz CT molecular complexity index is 304. The van der Waals surface area contributed by atoms with Gasteiger partial charge in [-0.15, -0.1) is 0 Å². The number of hydrogen-bond donors (Lipinski definition) is 2. The van der Waals surface area contributed by atoms with Gasteiger partial charge in [0.05, 0.1) is 39.6 Å². The molecule has 0 radical (unpaired) electrons. The minimum Gasteiger partial charge on any atom is -0.462 e. The highest BCUT2D eigenvalue weighted by Crippen LogP contribution is 2.05. The van der Waals surface area contributed by atoms with Crippen LogP contribution in [-0.4, -0.2) is 71.9 Å². The van der Waals surface area contributed by atoms with Crippen LogP contribution in [0.2, 0.25) is 6.04 Å². The van der Waals surface area contributed by atoms with Gasteiger partial charge in [-0.25, -0.2) is 4.79 Å². The van der Waals surface area contributed by atoms with Crippen molar-refractivity contribution in [3.63, 3.8) is 0 Å². The zero-order valence-electron chi connectivity index (χ0n) is 13.5. The number of esters is 1. The molecule has 1 atom stereocenters. The molecule has 0 amide bonds. The summed E-state index contributed by atoms with van der Waals surface area (Å²) < 4.78 is 21.1. The van der Waals surface area contributed by atoms with Gasteiger partial charge in [-0.3, -0.25) is 0 Å². The first kappa shape index (κ1) is 21.2. The first-order chi connectivity index (χ1) is 10.5. The first-order valence-electron chi connectivity index (χ1n) is 7.36. The third-order valence-electron chi connectivity index (χ3n) is 2.65. The number of aliphatic hydroxyl groups is 2. The molecule has 0 aliphatic heterocycles. The number of carbonyl (C=O) groups is 1. The molecule has 0 aliphatic carbocycles. The van der Waals surface area contributed by atoms with Gasteiger partial charge in [0.25, 0.3) is 0 Å². The highest BCUT2D eigenvalue weighted by atomic mass is 28.2. The first-order valence-corrected chi connectivity index (χ1v) is 8.94. The third kappa shape index (κ3) is 11.8. The van der Waals surface area contributed by atoms with Crippen LogP contribution in [0.5, 0.6) is 0 Å². The maximum Gasteiger partial charge on any atom is 0.333 e. The zero-order chi connectivity index (χ0) is 16.8. The molecule has 0 aromatic heterocycles. The van der Waals surface area contributed by atoms with Gasteiger partial charge in [0, 0.05) is 5.57 Å². The number of hydrogen-bond acceptors (Lipinski definition) is 7. The van der Waals surface area contributed by atoms with Gasteiger partial charge in [-0.05, 0) is 18.9 Å². The Labute approximate surface area is 134 Å². The van der Waals surface area contributed by atoms with Crippen molar-refractivity contribution in [2.45, 2.75) is 26.2 Å². The smallest absolute Gasteiger partial charge is 0.333 e. The average Bonchev–Trinajstić information content (AvgIpc) is 2.50. The summed E-state index contributed by atoms with van der Waals surface area (Å²) in [7, 11) is -0.788. The molecule has 0 rings (SSSR count). The molecule has 0 spiro atoms. The molecule has 130 valence electrons. The van der Waals surface area contributed by atoms with Crippen LogP contribution in [0.25, 0.3) is 0 Å². The molecule has 0 aromatic carbocycles. The van der Waals surface area contributed by atoms with E-state index in [-0.39, 0.29) is 44.9 Å². The van der Waals surface area contributed by atoms with E-state index < -0.39 is 16.1 Å². The molecule has 8 heteroatoms. The van der Waals surface area contributed by atoms with E-state index in [2.05, 4.69) is 6.58 Å². The van der Waals surface area contributed by atoms with Crippen LogP contribution in [0.3, 0.4) is 0 Å². The van der Waals surface area contributed by atoms with Crippen molar-refractivity contribution in [1.82, 2.24) is 0 Å². The lowest BCUT2D eigenvalue weighted by Gasteiger charge is -2.18. The monoisotopic (exact) mass is 336 g/mol. The summed E-state index contributed by atoms with van der Waals surface area (Å²) in [4.78, 5) is 11.3. The van der Waals surface area contributed by atoms with Crippen molar-refractivity contribution in [1.29, 1.82) is 0 Å². The average molecular weight is 336 g/mol. The van der Waals surface area contributed by atoms with Crippen molar-refractivity contribution in [3.05, 3.63) is 12.2 Å². The Hall–Kier alpha value is -0.773. The summed E-state index contributed by atoms with van der Waals surface area (Å²) in [5, 5.41) is 17.4. The molecule has 0 heterocycles. The van der Waals surface area contributed by atoms with Gasteiger partial charge in [-0.2, -0.15) is 0 Å². The minimum atomic E-state index is -0.788. The third-order valence-corrected chi connectivity index (χ3v) is 4.39. The van der Waals surface area contributed by atoms with Crippen molar-refractivity contribution >= 4 is 15.7 Å². The fourth-order valence-corrected chi connectivity index (χ4v) is 2.50. The Balaban J connectivity index is 3.77. The van der Waals surface area contributed by atoms with Gasteiger partial charge in [-0.1, -0.05) is 13.5 Å². The van der Waals surface area contributed by atoms with Gasteiger partial charge >= 0.3 is 5.97 Å². The van der Waals surface area contributed by atoms with Gasteiger partial charge in [0.2, 0.25) is 0 Å². The highest BCUT2D eigenvalue weighted by molar-refractivity contribution is 6.27. The fraction of sp³-hybridized carbons (Fsp3) is 0.786. The number of carbonyl (C=O) groups excluding carboxylic acids is 1. The van der Waals surface area contributed by atoms with Crippen molar-refractivity contribution in [2.24, 2.45) is 5.92 Å². The van der Waals surface area contributed by atoms with E-state index >= 15 is 0 Å². The predicted octanol–water partition coefficient (Wildman–Crippen LogP) is -0.396. The summed E-state index contributed by atoms with van der Waals surface area (Å²) >= 11 is 0. The van der Waals surface area contributed by atoms with E-state index in [1.54, 1.807) is 6.92 Å². The second-order valence-corrected chi connectivity index (χ2v) is 6.36. The van der Waals surface area contributed by atoms with Gasteiger partial charge < -0.3 is 28.8 Å². The molecule has 0 aromatic rings. The van der Waals surface area contributed by atoms with E-state index in [0.29, 0.717) is 12.2 Å². The van der Waals surface area contributed by atoms with E-state index in [1.807, 2.05) is 6.92 Å². The van der Waals surface area contributed by atoms with Gasteiger partial charge in [0.1, 0.15) is 0 Å². The second kappa shape index (κ2) is 13.9. The largest absolute Gasteiger partial charge is 0.462 e. The molecule has 0 aliphatic rings. The van der Waals surface area contributed by atoms with E-state index in [4.69, 9.17) is 28.8 Å². The summed E-state index contributed by atoms with van der Waals surface area (Å²) in [6.07, 6.45) is -0.580. The summed E-state index contributed by atoms with van der Waals surface area (Å²) in [6, 6.07) is 0.857. The summed E-state index contributed by atoms with van der Waals surface area (Å²) in [6.45, 7) is 7.88. The Morgan fingerprint density at radius 2 is 1.77 bits per heavy atom. The number of rotatable bonds is 14. The molecular weight excluding hydrogens is 308 g/mol. The quantitative estimate of drug-likeness (QED) is 0.147. The lowest BCUT2D eigenvalue weighted by molar-refractivity contribution is -0.166. The lowest BCUT2D eigenvalue weighted by Crippen LogP contribution is -2.27. The predicted molar refractivity (Wildman–Crippen MR) is 84.1 cm³/mol. The molecule has 1 unspecified atom stereocenters. The van der Waals surface area contributed by atoms with Crippen LogP contribution in [0.4, 0.5) is 0 Å². The van der Waals surface area contributed by atoms with Crippen LogP contribution in [0, 0.1) is 5.92 Å².